The van der Waals surface area contributed by atoms with Gasteiger partial charge < -0.3 is 15.5 Å². The zero-order chi connectivity index (χ0) is 14.6. The Bertz CT molecular complexity index is 512. The molecule has 1 aliphatic carbocycles. The van der Waals surface area contributed by atoms with Gasteiger partial charge in [-0.15, -0.1) is 0 Å². The molecular weight excluding hydrogens is 282 g/mol. The average molecular weight is 302 g/mol. The lowest BCUT2D eigenvalue weighted by Gasteiger charge is -2.37. The van der Waals surface area contributed by atoms with E-state index in [1.807, 2.05) is 0 Å². The average Bonchev–Trinajstić information content (AvgIpc) is 2.48. The van der Waals surface area contributed by atoms with Gasteiger partial charge in [0.2, 0.25) is 0 Å². The van der Waals surface area contributed by atoms with Crippen molar-refractivity contribution in [2.45, 2.75) is 44.2 Å². The van der Waals surface area contributed by atoms with Crippen molar-refractivity contribution in [2.75, 3.05) is 18.5 Å². The molecule has 1 heterocycles. The molecule has 1 aromatic heterocycles. The molecule has 0 radical (unpaired) electrons. The number of nitrogens with one attached hydrogen (secondary N) is 1. The molecule has 0 amide bonds. The van der Waals surface area contributed by atoms with Crippen LogP contribution in [0.2, 0.25) is 5.02 Å². The van der Waals surface area contributed by atoms with E-state index in [-0.39, 0.29) is 24.8 Å². The summed E-state index contributed by atoms with van der Waals surface area (Å²) in [5.41, 5.74) is -0.407. The maximum absolute atomic E-state index is 12.0. The van der Waals surface area contributed by atoms with Crippen molar-refractivity contribution in [1.82, 2.24) is 9.78 Å². The lowest BCUT2D eigenvalue weighted by atomic mass is 9.82. The molecule has 2 rings (SSSR count). The third kappa shape index (κ3) is 3.13. The highest BCUT2D eigenvalue weighted by Gasteiger charge is 2.32. The number of rotatable bonds is 5. The minimum absolute atomic E-state index is 0.00303. The van der Waals surface area contributed by atoms with Gasteiger partial charge in [0.1, 0.15) is 5.02 Å². The highest BCUT2D eigenvalue weighted by atomic mass is 35.5. The lowest BCUT2D eigenvalue weighted by Crippen LogP contribution is -2.44. The van der Waals surface area contributed by atoms with Gasteiger partial charge >= 0.3 is 0 Å². The van der Waals surface area contributed by atoms with Crippen LogP contribution >= 0.6 is 11.6 Å². The standard InChI is InChI=1S/C13H20ClN3O3/c14-11-10(8-15-17(6-7-18)12(11)20)16-13(9-19)4-2-1-3-5-13/h8,16,18-19H,1-7,9H2. The summed E-state index contributed by atoms with van der Waals surface area (Å²) >= 11 is 6.07. The number of hydrogen-bond acceptors (Lipinski definition) is 5. The Hall–Kier alpha value is -1.11. The van der Waals surface area contributed by atoms with Gasteiger partial charge in [0.05, 0.1) is 37.2 Å². The van der Waals surface area contributed by atoms with E-state index in [4.69, 9.17) is 16.7 Å². The molecular formula is C13H20ClN3O3. The van der Waals surface area contributed by atoms with Crippen molar-refractivity contribution in [3.63, 3.8) is 0 Å². The van der Waals surface area contributed by atoms with Crippen molar-refractivity contribution in [3.05, 3.63) is 21.6 Å². The van der Waals surface area contributed by atoms with Crippen molar-refractivity contribution < 1.29 is 10.2 Å². The van der Waals surface area contributed by atoms with E-state index >= 15 is 0 Å². The molecule has 7 heteroatoms. The summed E-state index contributed by atoms with van der Waals surface area (Å²) in [7, 11) is 0. The van der Waals surface area contributed by atoms with E-state index in [1.54, 1.807) is 0 Å². The molecule has 6 nitrogen and oxygen atoms in total. The van der Waals surface area contributed by atoms with Crippen LogP contribution in [-0.2, 0) is 6.54 Å². The van der Waals surface area contributed by atoms with Crippen LogP contribution in [0, 0.1) is 0 Å². The number of aliphatic hydroxyl groups excluding tert-OH is 2. The second-order valence-corrected chi connectivity index (χ2v) is 5.63. The summed E-state index contributed by atoms with van der Waals surface area (Å²) in [4.78, 5) is 12.0. The minimum atomic E-state index is -0.436. The fraction of sp³-hybridized carbons (Fsp3) is 0.692. The van der Waals surface area contributed by atoms with Crippen LogP contribution in [0.4, 0.5) is 5.69 Å². The molecule has 112 valence electrons. The Kier molecular flexibility index (Phi) is 5.01. The van der Waals surface area contributed by atoms with E-state index in [9.17, 15) is 9.90 Å². The second kappa shape index (κ2) is 6.56. The quantitative estimate of drug-likeness (QED) is 0.755. The molecule has 1 fully saturated rings. The summed E-state index contributed by atoms with van der Waals surface area (Å²) in [5, 5.41) is 25.7. The first-order chi connectivity index (χ1) is 9.62. The molecule has 3 N–H and O–H groups in total. The molecule has 0 spiro atoms. The number of nitrogens with zero attached hydrogens (tertiary/aromatic N) is 2. The minimum Gasteiger partial charge on any atom is -0.394 e. The lowest BCUT2D eigenvalue weighted by molar-refractivity contribution is 0.173. The summed E-state index contributed by atoms with van der Waals surface area (Å²) in [6.07, 6.45) is 6.42. The van der Waals surface area contributed by atoms with Crippen LogP contribution in [-0.4, -0.2) is 38.7 Å². The molecule has 0 aliphatic heterocycles. The van der Waals surface area contributed by atoms with Crippen molar-refractivity contribution in [2.24, 2.45) is 0 Å². The zero-order valence-electron chi connectivity index (χ0n) is 11.3. The van der Waals surface area contributed by atoms with Crippen LogP contribution < -0.4 is 10.9 Å². The number of halogens is 1. The second-order valence-electron chi connectivity index (χ2n) is 5.25. The smallest absolute Gasteiger partial charge is 0.287 e. The molecule has 0 aromatic carbocycles. The first-order valence-corrected chi connectivity index (χ1v) is 7.25. The van der Waals surface area contributed by atoms with Crippen LogP contribution in [0.1, 0.15) is 32.1 Å². The molecule has 0 saturated heterocycles. The maximum Gasteiger partial charge on any atom is 0.287 e. The van der Waals surface area contributed by atoms with E-state index < -0.39 is 11.1 Å². The predicted octanol–water partition coefficient (Wildman–Crippen LogP) is 0.996. The topological polar surface area (TPSA) is 87.4 Å². The summed E-state index contributed by atoms with van der Waals surface area (Å²) in [6, 6.07) is 0. The first-order valence-electron chi connectivity index (χ1n) is 6.87. The van der Waals surface area contributed by atoms with Crippen LogP contribution in [0.25, 0.3) is 0 Å². The predicted molar refractivity (Wildman–Crippen MR) is 77.1 cm³/mol. The molecule has 0 unspecified atom stereocenters. The van der Waals surface area contributed by atoms with E-state index in [0.717, 1.165) is 36.8 Å². The number of anilines is 1. The first kappa shape index (κ1) is 15.3. The Morgan fingerprint density at radius 2 is 2.05 bits per heavy atom. The van der Waals surface area contributed by atoms with E-state index in [2.05, 4.69) is 10.4 Å². The fourth-order valence-corrected chi connectivity index (χ4v) is 2.84. The van der Waals surface area contributed by atoms with Gasteiger partial charge in [-0.1, -0.05) is 30.9 Å². The van der Waals surface area contributed by atoms with Gasteiger partial charge in [-0.25, -0.2) is 4.68 Å². The molecule has 1 aromatic rings. The van der Waals surface area contributed by atoms with Crippen molar-refractivity contribution in [1.29, 1.82) is 0 Å². The monoisotopic (exact) mass is 301 g/mol. The Morgan fingerprint density at radius 3 is 2.65 bits per heavy atom. The summed E-state index contributed by atoms with van der Waals surface area (Å²) in [5.74, 6) is 0. The number of aliphatic hydroxyl groups is 2. The van der Waals surface area contributed by atoms with Gasteiger partial charge in [-0.05, 0) is 12.8 Å². The summed E-state index contributed by atoms with van der Waals surface area (Å²) in [6.45, 7) is -0.0520. The highest BCUT2D eigenvalue weighted by Crippen LogP contribution is 2.32. The number of aromatic nitrogens is 2. The van der Waals surface area contributed by atoms with Crippen LogP contribution in [0.5, 0.6) is 0 Å². The van der Waals surface area contributed by atoms with Crippen molar-refractivity contribution in [3.8, 4) is 0 Å². The fourth-order valence-electron chi connectivity index (χ4n) is 2.64. The molecule has 1 saturated carbocycles. The molecule has 20 heavy (non-hydrogen) atoms. The highest BCUT2D eigenvalue weighted by molar-refractivity contribution is 6.32. The molecule has 0 bridgehead atoms. The Labute approximate surface area is 122 Å². The van der Waals surface area contributed by atoms with Gasteiger partial charge in [-0.3, -0.25) is 4.79 Å². The Morgan fingerprint density at radius 1 is 1.35 bits per heavy atom. The van der Waals surface area contributed by atoms with Gasteiger partial charge in [0.25, 0.3) is 5.56 Å². The summed E-state index contributed by atoms with van der Waals surface area (Å²) < 4.78 is 1.13. The van der Waals surface area contributed by atoms with Gasteiger partial charge in [0, 0.05) is 0 Å². The van der Waals surface area contributed by atoms with E-state index in [0.29, 0.717) is 5.69 Å². The third-order valence-electron chi connectivity index (χ3n) is 3.81. The Balaban J connectivity index is 2.24. The van der Waals surface area contributed by atoms with Gasteiger partial charge in [0.15, 0.2) is 0 Å². The molecule has 1 aliphatic rings. The SMILES string of the molecule is O=c1c(Cl)c(NC2(CO)CCCCC2)cnn1CCO. The largest absolute Gasteiger partial charge is 0.394 e. The number of hydrogen-bond donors (Lipinski definition) is 3. The van der Waals surface area contributed by atoms with Crippen LogP contribution in [0.3, 0.4) is 0 Å². The third-order valence-corrected chi connectivity index (χ3v) is 4.18. The molecule has 0 atom stereocenters. The van der Waals surface area contributed by atoms with E-state index in [1.165, 1.54) is 6.20 Å². The maximum atomic E-state index is 12.0. The zero-order valence-corrected chi connectivity index (χ0v) is 12.1. The normalized spacial score (nSPS) is 17.9. The van der Waals surface area contributed by atoms with Crippen molar-refractivity contribution >= 4 is 17.3 Å². The van der Waals surface area contributed by atoms with Crippen LogP contribution in [0.15, 0.2) is 11.0 Å². The van der Waals surface area contributed by atoms with Gasteiger partial charge in [-0.2, -0.15) is 5.10 Å².